The third kappa shape index (κ3) is 9.59. The number of carbonyl (C=O) groups excluding carboxylic acids is 1. The van der Waals surface area contributed by atoms with Crippen LogP contribution < -0.4 is 11.2 Å². The number of rotatable bonds is 16. The number of aromatic nitrogens is 2. The third-order valence-corrected chi connectivity index (χ3v) is 5.35. The van der Waals surface area contributed by atoms with E-state index in [-0.39, 0.29) is 11.2 Å². The summed E-state index contributed by atoms with van der Waals surface area (Å²) in [5, 5.41) is 0. The maximum Gasteiger partial charge on any atom is 0.330 e. The highest BCUT2D eigenvalue weighted by Gasteiger charge is 2.10. The minimum Gasteiger partial charge on any atom is -0.466 e. The molecule has 0 saturated heterocycles. The fourth-order valence-corrected chi connectivity index (χ4v) is 3.49. The molecule has 6 heteroatoms. The summed E-state index contributed by atoms with van der Waals surface area (Å²) in [5.74, 6) is -0.523. The highest BCUT2D eigenvalue weighted by atomic mass is 16.5. The van der Waals surface area contributed by atoms with Gasteiger partial charge in [0.05, 0.1) is 12.7 Å². The van der Waals surface area contributed by atoms with Crippen LogP contribution in [0.5, 0.6) is 0 Å². The molecule has 0 atom stereocenters. The molecule has 6 nitrogen and oxygen atoms in total. The van der Waals surface area contributed by atoms with Crippen LogP contribution in [0.4, 0.5) is 0 Å². The van der Waals surface area contributed by atoms with Gasteiger partial charge in [-0.3, -0.25) is 13.9 Å². The van der Waals surface area contributed by atoms with Gasteiger partial charge in [-0.2, -0.15) is 0 Å². The molecule has 0 spiro atoms. The number of nitrogens with zero attached hydrogens (tertiary/aromatic N) is 2. The van der Waals surface area contributed by atoms with Gasteiger partial charge in [0.15, 0.2) is 0 Å². The number of hydrogen-bond acceptors (Lipinski definition) is 4. The Morgan fingerprint density at radius 3 is 1.97 bits per heavy atom. The van der Waals surface area contributed by atoms with E-state index < -0.39 is 5.97 Å². The average Bonchev–Trinajstić information content (AvgIpc) is 2.75. The highest BCUT2D eigenvalue weighted by Crippen LogP contribution is 2.07. The molecule has 0 aliphatic heterocycles. The Kier molecular flexibility index (Phi) is 13.6. The lowest BCUT2D eigenvalue weighted by molar-refractivity contribution is -0.134. The van der Waals surface area contributed by atoms with Gasteiger partial charge in [-0.05, 0) is 18.9 Å². The van der Waals surface area contributed by atoms with Gasteiger partial charge in [0.2, 0.25) is 0 Å². The number of methoxy groups -OCH3 is 1. The van der Waals surface area contributed by atoms with Crippen molar-refractivity contribution in [3.8, 4) is 0 Å². The summed E-state index contributed by atoms with van der Waals surface area (Å²) in [6, 6.07) is 0. The predicted octanol–water partition coefficient (Wildman–Crippen LogP) is 4.92. The van der Waals surface area contributed by atoms with E-state index in [1.165, 1.54) is 62.4 Å². The van der Waals surface area contributed by atoms with Crippen molar-refractivity contribution >= 4 is 12.0 Å². The molecule has 0 aromatic carbocycles. The summed E-state index contributed by atoms with van der Waals surface area (Å²) in [6.07, 6.45) is 17.6. The van der Waals surface area contributed by atoms with Crippen molar-refractivity contribution in [2.75, 3.05) is 7.11 Å². The van der Waals surface area contributed by atoms with Gasteiger partial charge in [0.1, 0.15) is 0 Å². The Bertz CT molecular complexity index is 761. The summed E-state index contributed by atoms with van der Waals surface area (Å²) in [4.78, 5) is 37.1. The lowest BCUT2D eigenvalue weighted by Gasteiger charge is -2.12. The van der Waals surface area contributed by atoms with E-state index in [1.807, 2.05) is 0 Å². The van der Waals surface area contributed by atoms with E-state index in [0.717, 1.165) is 38.5 Å². The largest absolute Gasteiger partial charge is 0.466 e. The second kappa shape index (κ2) is 15.7. The lowest BCUT2D eigenvalue weighted by Crippen LogP contribution is -2.40. The molecule has 1 aromatic heterocycles. The minimum atomic E-state index is -0.523. The maximum atomic E-state index is 12.9. The monoisotopic (exact) mass is 420 g/mol. The van der Waals surface area contributed by atoms with Crippen molar-refractivity contribution < 1.29 is 9.53 Å². The summed E-state index contributed by atoms with van der Waals surface area (Å²) in [6.45, 7) is 5.37. The molecule has 1 heterocycles. The van der Waals surface area contributed by atoms with E-state index >= 15 is 0 Å². The normalized spacial score (nSPS) is 11.3. The fraction of sp³-hybridized carbons (Fsp3) is 0.708. The van der Waals surface area contributed by atoms with E-state index in [4.69, 9.17) is 0 Å². The standard InChI is InChI=1S/C24H40N2O4/c1-4-6-8-10-12-14-18-25-20-21(16-17-22(27)30-3)23(28)26(24(25)29)19-15-13-11-9-7-5-2/h16-17,20H,4-15,18-19H2,1-3H3/b17-16+. The summed E-state index contributed by atoms with van der Waals surface area (Å²) >= 11 is 0. The van der Waals surface area contributed by atoms with Crippen LogP contribution in [-0.2, 0) is 22.6 Å². The first-order chi connectivity index (χ1) is 14.5. The Morgan fingerprint density at radius 1 is 0.867 bits per heavy atom. The number of ether oxygens (including phenoxy) is 1. The molecule has 0 radical (unpaired) electrons. The Hall–Kier alpha value is -2.11. The van der Waals surface area contributed by atoms with Crippen LogP contribution in [0.25, 0.3) is 6.08 Å². The topological polar surface area (TPSA) is 70.3 Å². The number of esters is 1. The van der Waals surface area contributed by atoms with Gasteiger partial charge in [0.25, 0.3) is 5.56 Å². The van der Waals surface area contributed by atoms with E-state index in [0.29, 0.717) is 18.7 Å². The van der Waals surface area contributed by atoms with Crippen molar-refractivity contribution in [3.63, 3.8) is 0 Å². The van der Waals surface area contributed by atoms with Crippen molar-refractivity contribution in [2.45, 2.75) is 104 Å². The molecular weight excluding hydrogens is 380 g/mol. The van der Waals surface area contributed by atoms with E-state index in [9.17, 15) is 14.4 Å². The Labute approximate surface area is 180 Å². The summed E-state index contributed by atoms with van der Waals surface area (Å²) in [7, 11) is 1.29. The van der Waals surface area contributed by atoms with Crippen LogP contribution in [-0.4, -0.2) is 22.2 Å². The molecule has 0 unspecified atom stereocenters. The number of hydrogen-bond donors (Lipinski definition) is 0. The molecule has 1 rings (SSSR count). The second-order valence-electron chi connectivity index (χ2n) is 7.91. The zero-order valence-electron chi connectivity index (χ0n) is 19.2. The van der Waals surface area contributed by atoms with Crippen molar-refractivity contribution in [2.24, 2.45) is 0 Å². The summed E-state index contributed by atoms with van der Waals surface area (Å²) in [5.41, 5.74) is -0.248. The average molecular weight is 421 g/mol. The van der Waals surface area contributed by atoms with Crippen molar-refractivity contribution in [1.29, 1.82) is 0 Å². The van der Waals surface area contributed by atoms with Crippen LogP contribution in [0.1, 0.15) is 96.5 Å². The van der Waals surface area contributed by atoms with Crippen molar-refractivity contribution in [1.82, 2.24) is 9.13 Å². The Balaban J connectivity index is 2.91. The highest BCUT2D eigenvalue weighted by molar-refractivity contribution is 5.86. The molecule has 170 valence electrons. The van der Waals surface area contributed by atoms with Crippen LogP contribution in [0.3, 0.4) is 0 Å². The first-order valence-corrected chi connectivity index (χ1v) is 11.6. The molecule has 0 amide bonds. The first kappa shape index (κ1) is 25.9. The molecule has 0 aliphatic carbocycles. The molecule has 0 aliphatic rings. The second-order valence-corrected chi connectivity index (χ2v) is 7.91. The number of carbonyl (C=O) groups is 1. The molecule has 0 saturated carbocycles. The number of unbranched alkanes of at least 4 members (excludes halogenated alkanes) is 10. The zero-order valence-corrected chi connectivity index (χ0v) is 19.2. The molecule has 0 bridgehead atoms. The molecule has 1 aromatic rings. The minimum absolute atomic E-state index is 0.252. The number of aryl methyl sites for hydroxylation is 1. The van der Waals surface area contributed by atoms with Crippen LogP contribution >= 0.6 is 0 Å². The quantitative estimate of drug-likeness (QED) is 0.216. The van der Waals surface area contributed by atoms with Crippen molar-refractivity contribution in [3.05, 3.63) is 38.7 Å². The zero-order chi connectivity index (χ0) is 22.2. The lowest BCUT2D eigenvalue weighted by atomic mass is 10.1. The van der Waals surface area contributed by atoms with E-state index in [1.54, 1.807) is 10.8 Å². The smallest absolute Gasteiger partial charge is 0.330 e. The Morgan fingerprint density at radius 2 is 1.40 bits per heavy atom. The van der Waals surface area contributed by atoms with Gasteiger partial charge >= 0.3 is 11.7 Å². The molecule has 0 fully saturated rings. The van der Waals surface area contributed by atoms with Gasteiger partial charge in [-0.25, -0.2) is 9.59 Å². The maximum absolute atomic E-state index is 12.9. The van der Waals surface area contributed by atoms with E-state index in [2.05, 4.69) is 18.6 Å². The van der Waals surface area contributed by atoms with Gasteiger partial charge in [-0.1, -0.05) is 78.1 Å². The SMILES string of the molecule is CCCCCCCCn1cc(/C=C/C(=O)OC)c(=O)n(CCCCCCCC)c1=O. The third-order valence-electron chi connectivity index (χ3n) is 5.35. The van der Waals surface area contributed by atoms with Crippen LogP contribution in [0.2, 0.25) is 0 Å². The molecule has 30 heavy (non-hydrogen) atoms. The first-order valence-electron chi connectivity index (χ1n) is 11.6. The van der Waals surface area contributed by atoms with Gasteiger partial charge < -0.3 is 4.74 Å². The van der Waals surface area contributed by atoms with Crippen LogP contribution in [0.15, 0.2) is 21.9 Å². The molecular formula is C24H40N2O4. The fourth-order valence-electron chi connectivity index (χ4n) is 3.49. The van der Waals surface area contributed by atoms with Crippen LogP contribution in [0, 0.1) is 0 Å². The summed E-state index contributed by atoms with van der Waals surface area (Å²) < 4.78 is 7.56. The predicted molar refractivity (Wildman–Crippen MR) is 123 cm³/mol. The van der Waals surface area contributed by atoms with Gasteiger partial charge in [-0.15, -0.1) is 0 Å². The van der Waals surface area contributed by atoms with Gasteiger partial charge in [0, 0.05) is 25.4 Å². The molecule has 0 N–H and O–H groups in total.